The zero-order chi connectivity index (χ0) is 14.0. The second kappa shape index (κ2) is 5.59. The van der Waals surface area contributed by atoms with Crippen LogP contribution >= 0.6 is 0 Å². The molecule has 1 saturated carbocycles. The fourth-order valence-electron chi connectivity index (χ4n) is 2.89. The summed E-state index contributed by atoms with van der Waals surface area (Å²) in [5.74, 6) is 0.640. The first kappa shape index (κ1) is 13.8. The van der Waals surface area contributed by atoms with Crippen molar-refractivity contribution in [3.8, 4) is 0 Å². The van der Waals surface area contributed by atoms with Crippen LogP contribution in [-0.4, -0.2) is 11.0 Å². The van der Waals surface area contributed by atoms with E-state index in [1.54, 1.807) is 6.07 Å². The van der Waals surface area contributed by atoms with Crippen LogP contribution in [0.15, 0.2) is 12.1 Å². The fourth-order valence-corrected chi connectivity index (χ4v) is 2.89. The first-order valence-electron chi connectivity index (χ1n) is 7.01. The van der Waals surface area contributed by atoms with Crippen LogP contribution in [0.2, 0.25) is 0 Å². The number of nitrogens with one attached hydrogen (secondary N) is 1. The van der Waals surface area contributed by atoms with Crippen molar-refractivity contribution in [3.05, 3.63) is 33.4 Å². The summed E-state index contributed by atoms with van der Waals surface area (Å²) >= 11 is 0. The Kier molecular flexibility index (Phi) is 4.08. The van der Waals surface area contributed by atoms with Crippen LogP contribution in [0, 0.1) is 29.9 Å². The fraction of sp³-hybridized carbons (Fsp3) is 0.600. The summed E-state index contributed by atoms with van der Waals surface area (Å²) in [5.41, 5.74) is 2.90. The number of hydrogen-bond acceptors (Lipinski definition) is 3. The lowest BCUT2D eigenvalue weighted by Crippen LogP contribution is -2.24. The Morgan fingerprint density at radius 3 is 2.42 bits per heavy atom. The average Bonchev–Trinajstić information content (AvgIpc) is 2.86. The molecule has 0 aromatic heterocycles. The van der Waals surface area contributed by atoms with Crippen LogP contribution in [0.5, 0.6) is 0 Å². The Hall–Kier alpha value is -1.58. The van der Waals surface area contributed by atoms with Crippen molar-refractivity contribution in [1.29, 1.82) is 0 Å². The molecule has 1 fully saturated rings. The molecule has 0 aliphatic heterocycles. The predicted octanol–water partition coefficient (Wildman–Crippen LogP) is 4.20. The SMILES string of the molecule is Cc1cc(NC(C)C2CCCC2)c([N+](=O)[O-])cc1C. The van der Waals surface area contributed by atoms with Gasteiger partial charge in [0.15, 0.2) is 0 Å². The van der Waals surface area contributed by atoms with Gasteiger partial charge in [0.05, 0.1) is 4.92 Å². The normalized spacial score (nSPS) is 17.4. The summed E-state index contributed by atoms with van der Waals surface area (Å²) in [7, 11) is 0. The Morgan fingerprint density at radius 1 is 1.26 bits per heavy atom. The third kappa shape index (κ3) is 3.06. The molecule has 19 heavy (non-hydrogen) atoms. The topological polar surface area (TPSA) is 55.2 Å². The molecule has 0 saturated heterocycles. The van der Waals surface area contributed by atoms with Gasteiger partial charge in [-0.3, -0.25) is 10.1 Å². The van der Waals surface area contributed by atoms with Gasteiger partial charge in [-0.2, -0.15) is 0 Å². The molecular weight excluding hydrogens is 240 g/mol. The molecule has 0 bridgehead atoms. The lowest BCUT2D eigenvalue weighted by Gasteiger charge is -2.22. The van der Waals surface area contributed by atoms with E-state index in [4.69, 9.17) is 0 Å². The maximum atomic E-state index is 11.2. The largest absolute Gasteiger partial charge is 0.377 e. The van der Waals surface area contributed by atoms with E-state index in [9.17, 15) is 10.1 Å². The second-order valence-corrected chi connectivity index (χ2v) is 5.69. The van der Waals surface area contributed by atoms with E-state index in [0.717, 1.165) is 11.1 Å². The predicted molar refractivity (Wildman–Crippen MR) is 77.6 cm³/mol. The molecule has 1 aromatic carbocycles. The highest BCUT2D eigenvalue weighted by molar-refractivity contribution is 5.64. The molecule has 1 aromatic rings. The van der Waals surface area contributed by atoms with Crippen molar-refractivity contribution in [2.75, 3.05) is 5.32 Å². The van der Waals surface area contributed by atoms with Gasteiger partial charge in [0, 0.05) is 12.1 Å². The average molecular weight is 262 g/mol. The molecule has 2 rings (SSSR count). The monoisotopic (exact) mass is 262 g/mol. The summed E-state index contributed by atoms with van der Waals surface area (Å²) < 4.78 is 0. The van der Waals surface area contributed by atoms with Crippen molar-refractivity contribution in [1.82, 2.24) is 0 Å². The first-order valence-corrected chi connectivity index (χ1v) is 7.01. The van der Waals surface area contributed by atoms with E-state index in [0.29, 0.717) is 17.6 Å². The van der Waals surface area contributed by atoms with E-state index in [-0.39, 0.29) is 10.6 Å². The molecule has 104 valence electrons. The van der Waals surface area contributed by atoms with Crippen molar-refractivity contribution >= 4 is 11.4 Å². The van der Waals surface area contributed by atoms with Crippen molar-refractivity contribution in [3.63, 3.8) is 0 Å². The Bertz CT molecular complexity index is 479. The van der Waals surface area contributed by atoms with E-state index < -0.39 is 0 Å². The van der Waals surface area contributed by atoms with Gasteiger partial charge in [-0.1, -0.05) is 12.8 Å². The first-order chi connectivity index (χ1) is 8.99. The minimum Gasteiger partial charge on any atom is -0.377 e. The lowest BCUT2D eigenvalue weighted by molar-refractivity contribution is -0.384. The molecular formula is C15H22N2O2. The summed E-state index contributed by atoms with van der Waals surface area (Å²) in [6.45, 7) is 6.03. The molecule has 0 heterocycles. The standard InChI is InChI=1S/C15H22N2O2/c1-10-8-14(15(17(18)19)9-11(10)2)16-12(3)13-6-4-5-7-13/h8-9,12-13,16H,4-7H2,1-3H3. The maximum Gasteiger partial charge on any atom is 0.292 e. The number of hydrogen-bond donors (Lipinski definition) is 1. The molecule has 1 unspecified atom stereocenters. The summed E-state index contributed by atoms with van der Waals surface area (Å²) in [5, 5.41) is 14.5. The molecule has 1 aliphatic carbocycles. The van der Waals surface area contributed by atoms with Crippen LogP contribution in [0.1, 0.15) is 43.7 Å². The number of anilines is 1. The van der Waals surface area contributed by atoms with Crippen LogP contribution in [0.25, 0.3) is 0 Å². The van der Waals surface area contributed by atoms with E-state index >= 15 is 0 Å². The number of aryl methyl sites for hydroxylation is 2. The molecule has 4 heteroatoms. The second-order valence-electron chi connectivity index (χ2n) is 5.69. The van der Waals surface area contributed by atoms with Gasteiger partial charge < -0.3 is 5.32 Å². The highest BCUT2D eigenvalue weighted by atomic mass is 16.6. The van der Waals surface area contributed by atoms with Gasteiger partial charge in [0.1, 0.15) is 5.69 Å². The van der Waals surface area contributed by atoms with Gasteiger partial charge in [0.2, 0.25) is 0 Å². The van der Waals surface area contributed by atoms with E-state index in [1.165, 1.54) is 25.7 Å². The van der Waals surface area contributed by atoms with Gasteiger partial charge in [-0.15, -0.1) is 0 Å². The number of rotatable bonds is 4. The number of nitro groups is 1. The molecule has 1 N–H and O–H groups in total. The zero-order valence-electron chi connectivity index (χ0n) is 11.9. The van der Waals surface area contributed by atoms with Gasteiger partial charge in [0.25, 0.3) is 5.69 Å². The lowest BCUT2D eigenvalue weighted by atomic mass is 9.99. The molecule has 4 nitrogen and oxygen atoms in total. The summed E-state index contributed by atoms with van der Waals surface area (Å²) in [6, 6.07) is 3.86. The zero-order valence-corrected chi connectivity index (χ0v) is 11.9. The van der Waals surface area contributed by atoms with Gasteiger partial charge in [-0.25, -0.2) is 0 Å². The molecule has 1 aliphatic rings. The highest BCUT2D eigenvalue weighted by Gasteiger charge is 2.24. The Morgan fingerprint density at radius 2 is 1.84 bits per heavy atom. The molecule has 0 spiro atoms. The molecule has 1 atom stereocenters. The minimum atomic E-state index is -0.295. The third-order valence-electron chi connectivity index (χ3n) is 4.30. The summed E-state index contributed by atoms with van der Waals surface area (Å²) in [6.07, 6.45) is 5.02. The Balaban J connectivity index is 2.22. The Labute approximate surface area is 114 Å². The summed E-state index contributed by atoms with van der Waals surface area (Å²) in [4.78, 5) is 10.9. The van der Waals surface area contributed by atoms with Crippen LogP contribution < -0.4 is 5.32 Å². The number of nitro benzene ring substituents is 1. The number of benzene rings is 1. The van der Waals surface area contributed by atoms with Crippen LogP contribution in [0.3, 0.4) is 0 Å². The number of nitrogens with zero attached hydrogens (tertiary/aromatic N) is 1. The van der Waals surface area contributed by atoms with Gasteiger partial charge in [-0.05, 0) is 56.7 Å². The quantitative estimate of drug-likeness (QED) is 0.653. The smallest absolute Gasteiger partial charge is 0.292 e. The van der Waals surface area contributed by atoms with Gasteiger partial charge >= 0.3 is 0 Å². The molecule has 0 radical (unpaired) electrons. The highest BCUT2D eigenvalue weighted by Crippen LogP contribution is 2.33. The van der Waals surface area contributed by atoms with E-state index in [2.05, 4.69) is 12.2 Å². The maximum absolute atomic E-state index is 11.2. The van der Waals surface area contributed by atoms with Crippen molar-refractivity contribution < 1.29 is 4.92 Å². The molecule has 0 amide bonds. The van der Waals surface area contributed by atoms with Crippen molar-refractivity contribution in [2.45, 2.75) is 52.5 Å². The van der Waals surface area contributed by atoms with Crippen molar-refractivity contribution in [2.24, 2.45) is 5.92 Å². The van der Waals surface area contributed by atoms with E-state index in [1.807, 2.05) is 19.9 Å². The van der Waals surface area contributed by atoms with Crippen LogP contribution in [-0.2, 0) is 0 Å². The third-order valence-corrected chi connectivity index (χ3v) is 4.30. The van der Waals surface area contributed by atoms with Crippen LogP contribution in [0.4, 0.5) is 11.4 Å². The minimum absolute atomic E-state index is 0.188.